The van der Waals surface area contributed by atoms with Crippen LogP contribution < -0.4 is 5.32 Å². The highest BCUT2D eigenvalue weighted by atomic mass is 16.3. The number of aliphatic hydroxyl groups excluding tert-OH is 1. The van der Waals surface area contributed by atoms with E-state index in [9.17, 15) is 5.11 Å². The molecule has 98 valence electrons. The number of hydrogen-bond donors (Lipinski definition) is 2. The van der Waals surface area contributed by atoms with Crippen LogP contribution in [-0.2, 0) is 6.54 Å². The lowest BCUT2D eigenvalue weighted by atomic mass is 9.83. The van der Waals surface area contributed by atoms with Crippen LogP contribution in [0.3, 0.4) is 0 Å². The zero-order chi connectivity index (χ0) is 12.7. The average molecular weight is 239 g/mol. The van der Waals surface area contributed by atoms with Crippen LogP contribution in [0.4, 0.5) is 0 Å². The molecule has 1 heterocycles. The highest BCUT2D eigenvalue weighted by molar-refractivity contribution is 4.99. The fourth-order valence-corrected chi connectivity index (χ4v) is 1.92. The quantitative estimate of drug-likeness (QED) is 0.677. The highest BCUT2D eigenvalue weighted by Gasteiger charge is 2.24. The van der Waals surface area contributed by atoms with Crippen molar-refractivity contribution >= 4 is 0 Å². The van der Waals surface area contributed by atoms with Crippen LogP contribution in [0, 0.1) is 12.3 Å². The Hall–Kier alpha value is -0.870. The normalized spacial score (nSPS) is 12.0. The van der Waals surface area contributed by atoms with Crippen molar-refractivity contribution in [3.63, 3.8) is 0 Å². The summed E-state index contributed by atoms with van der Waals surface area (Å²) in [5.74, 6) is 0. The van der Waals surface area contributed by atoms with Gasteiger partial charge in [-0.15, -0.1) is 0 Å². The summed E-state index contributed by atoms with van der Waals surface area (Å²) in [6.07, 6.45) is 5.93. The molecule has 4 heteroatoms. The van der Waals surface area contributed by atoms with Gasteiger partial charge in [-0.05, 0) is 25.3 Å². The zero-order valence-corrected chi connectivity index (χ0v) is 11.2. The molecule has 0 aromatic carbocycles. The van der Waals surface area contributed by atoms with Gasteiger partial charge in [0.05, 0.1) is 12.7 Å². The van der Waals surface area contributed by atoms with Gasteiger partial charge in [-0.2, -0.15) is 5.10 Å². The lowest BCUT2D eigenvalue weighted by Gasteiger charge is -2.29. The summed E-state index contributed by atoms with van der Waals surface area (Å²) in [4.78, 5) is 0. The smallest absolute Gasteiger partial charge is 0.0534 e. The molecule has 0 aliphatic heterocycles. The van der Waals surface area contributed by atoms with Gasteiger partial charge in [-0.25, -0.2) is 0 Å². The van der Waals surface area contributed by atoms with Gasteiger partial charge in [0.1, 0.15) is 0 Å². The monoisotopic (exact) mass is 239 g/mol. The molecule has 0 amide bonds. The summed E-state index contributed by atoms with van der Waals surface area (Å²) in [5, 5.41) is 17.1. The van der Waals surface area contributed by atoms with Crippen molar-refractivity contribution in [3.8, 4) is 0 Å². The maximum absolute atomic E-state index is 9.44. The van der Waals surface area contributed by atoms with Crippen molar-refractivity contribution in [2.24, 2.45) is 5.41 Å². The summed E-state index contributed by atoms with van der Waals surface area (Å²) in [5.41, 5.74) is 1.23. The van der Waals surface area contributed by atoms with E-state index in [4.69, 9.17) is 0 Å². The van der Waals surface area contributed by atoms with E-state index in [1.807, 2.05) is 24.0 Å². The first-order valence-electron chi connectivity index (χ1n) is 6.46. The van der Waals surface area contributed by atoms with Crippen molar-refractivity contribution < 1.29 is 5.11 Å². The lowest BCUT2D eigenvalue weighted by Crippen LogP contribution is -2.37. The van der Waals surface area contributed by atoms with Crippen LogP contribution >= 0.6 is 0 Å². The van der Waals surface area contributed by atoms with Crippen molar-refractivity contribution in [3.05, 3.63) is 18.0 Å². The molecule has 0 fully saturated rings. The molecule has 1 aromatic heterocycles. The van der Waals surface area contributed by atoms with Gasteiger partial charge in [0, 0.05) is 31.3 Å². The number of rotatable bonds is 8. The first-order chi connectivity index (χ1) is 8.15. The second-order valence-corrected chi connectivity index (χ2v) is 4.82. The molecule has 0 aliphatic rings. The Morgan fingerprint density at radius 2 is 2.12 bits per heavy atom. The van der Waals surface area contributed by atoms with Crippen LogP contribution in [-0.4, -0.2) is 34.6 Å². The Labute approximate surface area is 104 Å². The predicted molar refractivity (Wildman–Crippen MR) is 69.9 cm³/mol. The van der Waals surface area contributed by atoms with E-state index < -0.39 is 0 Å². The van der Waals surface area contributed by atoms with E-state index >= 15 is 0 Å². The Morgan fingerprint density at radius 1 is 1.41 bits per heavy atom. The van der Waals surface area contributed by atoms with E-state index in [1.165, 1.54) is 5.56 Å². The van der Waals surface area contributed by atoms with Gasteiger partial charge in [-0.1, -0.05) is 13.8 Å². The van der Waals surface area contributed by atoms with Crippen LogP contribution in [0.15, 0.2) is 12.4 Å². The summed E-state index contributed by atoms with van der Waals surface area (Å²) < 4.78 is 1.95. The molecule has 0 radical (unpaired) electrons. The van der Waals surface area contributed by atoms with Crippen molar-refractivity contribution in [2.45, 2.75) is 40.2 Å². The topological polar surface area (TPSA) is 50.1 Å². The molecule has 0 saturated carbocycles. The fourth-order valence-electron chi connectivity index (χ4n) is 1.92. The summed E-state index contributed by atoms with van der Waals surface area (Å²) in [6, 6.07) is 0. The van der Waals surface area contributed by atoms with Crippen LogP contribution in [0.1, 0.15) is 32.3 Å². The Kier molecular flexibility index (Phi) is 5.65. The number of nitrogens with one attached hydrogen (secondary N) is 1. The molecule has 0 saturated heterocycles. The molecule has 1 rings (SSSR count). The second kappa shape index (κ2) is 6.77. The number of aryl methyl sites for hydroxylation is 1. The molecule has 1 aromatic rings. The lowest BCUT2D eigenvalue weighted by molar-refractivity contribution is 0.113. The molecule has 2 N–H and O–H groups in total. The maximum atomic E-state index is 9.44. The minimum absolute atomic E-state index is 0.0417. The second-order valence-electron chi connectivity index (χ2n) is 4.82. The largest absolute Gasteiger partial charge is 0.396 e. The van der Waals surface area contributed by atoms with Gasteiger partial charge in [-0.3, -0.25) is 4.68 Å². The summed E-state index contributed by atoms with van der Waals surface area (Å²) in [6.45, 7) is 9.22. The van der Waals surface area contributed by atoms with Crippen molar-refractivity contribution in [1.29, 1.82) is 0 Å². The molecule has 0 spiro atoms. The molecule has 4 nitrogen and oxygen atoms in total. The van der Waals surface area contributed by atoms with E-state index in [0.29, 0.717) is 0 Å². The minimum atomic E-state index is 0.0417. The van der Waals surface area contributed by atoms with E-state index in [-0.39, 0.29) is 12.0 Å². The van der Waals surface area contributed by atoms with Crippen molar-refractivity contribution in [1.82, 2.24) is 15.1 Å². The van der Waals surface area contributed by atoms with E-state index in [2.05, 4.69) is 24.3 Å². The molecule has 0 bridgehead atoms. The molecular formula is C13H25N3O. The van der Waals surface area contributed by atoms with Crippen LogP contribution in [0.25, 0.3) is 0 Å². The van der Waals surface area contributed by atoms with Gasteiger partial charge in [0.15, 0.2) is 0 Å². The molecular weight excluding hydrogens is 214 g/mol. The molecule has 0 aliphatic carbocycles. The van der Waals surface area contributed by atoms with Gasteiger partial charge in [0.2, 0.25) is 0 Å². The third-order valence-corrected chi connectivity index (χ3v) is 3.62. The number of hydrogen-bond acceptors (Lipinski definition) is 3. The summed E-state index contributed by atoms with van der Waals surface area (Å²) >= 11 is 0. The Morgan fingerprint density at radius 3 is 2.59 bits per heavy atom. The molecule has 0 unspecified atom stereocenters. The van der Waals surface area contributed by atoms with E-state index in [0.717, 1.165) is 32.5 Å². The highest BCUT2D eigenvalue weighted by Crippen LogP contribution is 2.24. The predicted octanol–water partition coefficient (Wildman–Crippen LogP) is 1.58. The Bertz CT molecular complexity index is 310. The first kappa shape index (κ1) is 14.2. The average Bonchev–Trinajstić information content (AvgIpc) is 2.76. The fraction of sp³-hybridized carbons (Fsp3) is 0.769. The van der Waals surface area contributed by atoms with E-state index in [1.54, 1.807) is 0 Å². The number of nitrogens with zero attached hydrogens (tertiary/aromatic N) is 2. The third-order valence-electron chi connectivity index (χ3n) is 3.62. The van der Waals surface area contributed by atoms with Crippen LogP contribution in [0.2, 0.25) is 0 Å². The maximum Gasteiger partial charge on any atom is 0.0534 e. The summed E-state index contributed by atoms with van der Waals surface area (Å²) in [7, 11) is 0. The molecule has 17 heavy (non-hydrogen) atoms. The Balaban J connectivity index is 2.27. The molecule has 0 atom stereocenters. The third kappa shape index (κ3) is 4.13. The van der Waals surface area contributed by atoms with Crippen molar-refractivity contribution in [2.75, 3.05) is 19.7 Å². The standard InChI is InChI=1S/C13H25N3O/c1-4-13(5-2,11-17)10-14-6-7-16-9-12(3)8-15-16/h8-9,14,17H,4-7,10-11H2,1-3H3. The van der Waals surface area contributed by atoms with Gasteiger partial charge < -0.3 is 10.4 Å². The SMILES string of the molecule is CCC(CC)(CO)CNCCn1cc(C)cn1. The number of aliphatic hydroxyl groups is 1. The van der Waals surface area contributed by atoms with Gasteiger partial charge in [0.25, 0.3) is 0 Å². The van der Waals surface area contributed by atoms with Gasteiger partial charge >= 0.3 is 0 Å². The van der Waals surface area contributed by atoms with Crippen LogP contribution in [0.5, 0.6) is 0 Å². The zero-order valence-electron chi connectivity index (χ0n) is 11.2. The number of aromatic nitrogens is 2. The first-order valence-corrected chi connectivity index (χ1v) is 6.46. The minimum Gasteiger partial charge on any atom is -0.396 e.